The molecule has 3 saturated heterocycles. The second-order valence-corrected chi connectivity index (χ2v) is 8.40. The molecule has 3 aliphatic heterocycles. The highest BCUT2D eigenvalue weighted by Crippen LogP contribution is 2.33. The lowest BCUT2D eigenvalue weighted by Crippen LogP contribution is -2.49. The first-order valence-corrected chi connectivity index (χ1v) is 10.0. The molecule has 1 amide bonds. The van der Waals surface area contributed by atoms with Gasteiger partial charge in [0.2, 0.25) is 5.91 Å². The van der Waals surface area contributed by atoms with Gasteiger partial charge in [0.05, 0.1) is 0 Å². The molecule has 0 saturated carbocycles. The van der Waals surface area contributed by atoms with E-state index in [0.29, 0.717) is 23.9 Å². The average Bonchev–Trinajstić information content (AvgIpc) is 2.96. The molecule has 4 nitrogen and oxygen atoms in total. The van der Waals surface area contributed by atoms with E-state index in [9.17, 15) is 4.79 Å². The average molecular weight is 435 g/mol. The van der Waals surface area contributed by atoms with Crippen LogP contribution in [-0.2, 0) is 11.3 Å². The summed E-state index contributed by atoms with van der Waals surface area (Å²) in [6, 6.07) is 9.42. The number of hydrogen-bond acceptors (Lipinski definition) is 3. The Morgan fingerprint density at radius 1 is 1.00 bits per heavy atom. The first-order valence-electron chi connectivity index (χ1n) is 9.66. The third kappa shape index (κ3) is 5.98. The van der Waals surface area contributed by atoms with E-state index in [2.05, 4.69) is 27.2 Å². The van der Waals surface area contributed by atoms with Crippen molar-refractivity contribution in [3.63, 3.8) is 0 Å². The fourth-order valence-electron chi connectivity index (χ4n) is 4.72. The molecule has 3 heterocycles. The largest absolute Gasteiger partial charge is 0.340 e. The fourth-order valence-corrected chi connectivity index (χ4v) is 4.85. The van der Waals surface area contributed by atoms with Gasteiger partial charge in [-0.3, -0.25) is 9.69 Å². The van der Waals surface area contributed by atoms with Crippen LogP contribution in [0.4, 0.5) is 0 Å². The molecule has 4 rings (SSSR count). The number of halogens is 3. The van der Waals surface area contributed by atoms with Gasteiger partial charge in [0.25, 0.3) is 0 Å². The Hall–Kier alpha value is -0.520. The number of carbonyl (C=O) groups excluding carboxylic acids is 1. The van der Waals surface area contributed by atoms with Crippen LogP contribution >= 0.6 is 36.4 Å². The number of amides is 1. The minimum atomic E-state index is 0. The zero-order chi connectivity index (χ0) is 17.2. The van der Waals surface area contributed by atoms with Crippen molar-refractivity contribution in [1.82, 2.24) is 15.1 Å². The summed E-state index contributed by atoms with van der Waals surface area (Å²) in [4.78, 5) is 17.2. The molecule has 2 unspecified atom stereocenters. The number of hydrogen-bond donors (Lipinski definition) is 1. The Labute approximate surface area is 179 Å². The van der Waals surface area contributed by atoms with Crippen molar-refractivity contribution < 1.29 is 4.79 Å². The predicted octanol–water partition coefficient (Wildman–Crippen LogP) is 3.75. The van der Waals surface area contributed by atoms with Crippen LogP contribution in [0.3, 0.4) is 0 Å². The number of carbonyl (C=O) groups is 1. The minimum Gasteiger partial charge on any atom is -0.340 e. The molecule has 1 aromatic rings. The van der Waals surface area contributed by atoms with Gasteiger partial charge in [-0.15, -0.1) is 24.8 Å². The summed E-state index contributed by atoms with van der Waals surface area (Å²) in [5, 5.41) is 4.45. The second-order valence-electron chi connectivity index (χ2n) is 7.96. The summed E-state index contributed by atoms with van der Waals surface area (Å²) >= 11 is 5.95. The molecule has 0 spiro atoms. The van der Waals surface area contributed by atoms with E-state index in [0.717, 1.165) is 44.2 Å². The molecule has 27 heavy (non-hydrogen) atoms. The molecular weight excluding hydrogens is 405 g/mol. The first kappa shape index (κ1) is 22.8. The summed E-state index contributed by atoms with van der Waals surface area (Å²) < 4.78 is 0. The normalized spacial score (nSPS) is 27.6. The highest BCUT2D eigenvalue weighted by molar-refractivity contribution is 6.30. The van der Waals surface area contributed by atoms with Crippen molar-refractivity contribution in [3.8, 4) is 0 Å². The summed E-state index contributed by atoms with van der Waals surface area (Å²) in [6.07, 6.45) is 5.75. The first-order chi connectivity index (χ1) is 12.2. The number of piperidine rings is 1. The van der Waals surface area contributed by atoms with Gasteiger partial charge in [0, 0.05) is 56.3 Å². The maximum Gasteiger partial charge on any atom is 0.222 e. The molecule has 1 aromatic carbocycles. The molecule has 2 atom stereocenters. The Morgan fingerprint density at radius 2 is 1.59 bits per heavy atom. The van der Waals surface area contributed by atoms with Crippen molar-refractivity contribution in [1.29, 1.82) is 0 Å². The maximum absolute atomic E-state index is 12.7. The number of rotatable bonds is 4. The van der Waals surface area contributed by atoms with E-state index in [4.69, 9.17) is 11.6 Å². The molecule has 152 valence electrons. The van der Waals surface area contributed by atoms with Gasteiger partial charge in [-0.05, 0) is 49.3 Å². The summed E-state index contributed by atoms with van der Waals surface area (Å²) in [5.41, 5.74) is 1.29. The number of piperazine rings is 1. The lowest BCUT2D eigenvalue weighted by molar-refractivity contribution is -0.134. The lowest BCUT2D eigenvalue weighted by atomic mass is 9.89. The van der Waals surface area contributed by atoms with Crippen molar-refractivity contribution in [2.45, 2.75) is 50.7 Å². The van der Waals surface area contributed by atoms with Crippen LogP contribution in [0, 0.1) is 5.92 Å². The zero-order valence-electron chi connectivity index (χ0n) is 15.6. The Balaban J connectivity index is 0.00000131. The number of benzene rings is 1. The van der Waals surface area contributed by atoms with E-state index < -0.39 is 0 Å². The van der Waals surface area contributed by atoms with Gasteiger partial charge in [0.1, 0.15) is 0 Å². The van der Waals surface area contributed by atoms with Crippen molar-refractivity contribution in [3.05, 3.63) is 34.9 Å². The second kappa shape index (κ2) is 10.3. The van der Waals surface area contributed by atoms with E-state index in [1.165, 1.54) is 31.2 Å². The third-order valence-corrected chi connectivity index (χ3v) is 6.33. The molecule has 7 heteroatoms. The Morgan fingerprint density at radius 3 is 2.19 bits per heavy atom. The highest BCUT2D eigenvalue weighted by Gasteiger charge is 2.35. The van der Waals surface area contributed by atoms with Crippen molar-refractivity contribution in [2.75, 3.05) is 26.2 Å². The van der Waals surface area contributed by atoms with Crippen molar-refractivity contribution in [2.24, 2.45) is 5.92 Å². The van der Waals surface area contributed by atoms with Crippen LogP contribution < -0.4 is 5.32 Å². The fraction of sp³-hybridized carbons (Fsp3) is 0.650. The van der Waals surface area contributed by atoms with Gasteiger partial charge in [0.15, 0.2) is 0 Å². The molecule has 3 fully saturated rings. The standard InChI is InChI=1S/C20H28ClN3O.2ClH/c21-17-3-1-15(2-4-17)14-23-7-9-24(10-8-23)20(25)13-16-11-18-5-6-19(12-16)22-18;;/h1-4,16,18-19,22H,5-14H2;2*1H. The molecule has 0 radical (unpaired) electrons. The van der Waals surface area contributed by atoms with Crippen LogP contribution in [0.25, 0.3) is 0 Å². The number of nitrogens with one attached hydrogen (secondary N) is 1. The van der Waals surface area contributed by atoms with Gasteiger partial charge < -0.3 is 10.2 Å². The smallest absolute Gasteiger partial charge is 0.222 e. The molecule has 3 aliphatic rings. The number of fused-ring (bicyclic) bond motifs is 2. The van der Waals surface area contributed by atoms with E-state index in [-0.39, 0.29) is 24.8 Å². The quantitative estimate of drug-likeness (QED) is 0.784. The Bertz CT molecular complexity index is 593. The zero-order valence-corrected chi connectivity index (χ0v) is 18.0. The van der Waals surface area contributed by atoms with Crippen LogP contribution in [-0.4, -0.2) is 54.0 Å². The molecule has 1 N–H and O–H groups in total. The summed E-state index contributed by atoms with van der Waals surface area (Å²) in [7, 11) is 0. The van der Waals surface area contributed by atoms with Crippen LogP contribution in [0.5, 0.6) is 0 Å². The van der Waals surface area contributed by atoms with E-state index >= 15 is 0 Å². The van der Waals surface area contributed by atoms with Gasteiger partial charge >= 0.3 is 0 Å². The summed E-state index contributed by atoms with van der Waals surface area (Å²) in [5.74, 6) is 0.968. The van der Waals surface area contributed by atoms with Gasteiger partial charge in [-0.2, -0.15) is 0 Å². The van der Waals surface area contributed by atoms with Crippen LogP contribution in [0.2, 0.25) is 5.02 Å². The lowest BCUT2D eigenvalue weighted by Gasteiger charge is -2.36. The maximum atomic E-state index is 12.7. The van der Waals surface area contributed by atoms with E-state index in [1.807, 2.05) is 12.1 Å². The van der Waals surface area contributed by atoms with Crippen molar-refractivity contribution >= 4 is 42.3 Å². The summed E-state index contributed by atoms with van der Waals surface area (Å²) in [6.45, 7) is 4.60. The predicted molar refractivity (Wildman–Crippen MR) is 115 cm³/mol. The van der Waals surface area contributed by atoms with Crippen LogP contribution in [0.15, 0.2) is 24.3 Å². The van der Waals surface area contributed by atoms with Crippen LogP contribution in [0.1, 0.15) is 37.7 Å². The third-order valence-electron chi connectivity index (χ3n) is 6.08. The monoisotopic (exact) mass is 433 g/mol. The molecular formula is C20H30Cl3N3O. The Kier molecular flexibility index (Phi) is 8.70. The van der Waals surface area contributed by atoms with Gasteiger partial charge in [-0.1, -0.05) is 23.7 Å². The topological polar surface area (TPSA) is 35.6 Å². The minimum absolute atomic E-state index is 0. The molecule has 2 bridgehead atoms. The molecule has 0 aromatic heterocycles. The number of nitrogens with zero attached hydrogens (tertiary/aromatic N) is 2. The van der Waals surface area contributed by atoms with Gasteiger partial charge in [-0.25, -0.2) is 0 Å². The molecule has 0 aliphatic carbocycles. The van der Waals surface area contributed by atoms with E-state index in [1.54, 1.807) is 0 Å². The SMILES string of the molecule is Cl.Cl.O=C(CC1CC2CCC(C1)N2)N1CCN(Cc2ccc(Cl)cc2)CC1. The highest BCUT2D eigenvalue weighted by atomic mass is 35.5.